The summed E-state index contributed by atoms with van der Waals surface area (Å²) in [5.41, 5.74) is 2.07. The van der Waals surface area contributed by atoms with Crippen LogP contribution < -0.4 is 20.5 Å². The van der Waals surface area contributed by atoms with Gasteiger partial charge in [-0.2, -0.15) is 0 Å². The SMILES string of the molecule is O=C(NCc1ccccc1)C1CN(C(=O)c2cnc3sc4c(n3c2=O)CCCC4)c2ccccc2O1. The zero-order chi connectivity index (χ0) is 24.6. The molecule has 0 spiro atoms. The Kier molecular flexibility index (Phi) is 5.77. The van der Waals surface area contributed by atoms with Crippen molar-refractivity contribution in [1.29, 1.82) is 0 Å². The second kappa shape index (κ2) is 9.23. The molecule has 1 N–H and O–H groups in total. The average Bonchev–Trinajstić information content (AvgIpc) is 3.31. The number of carbonyl (C=O) groups excluding carboxylic acids is 2. The topological polar surface area (TPSA) is 93.0 Å². The summed E-state index contributed by atoms with van der Waals surface area (Å²) in [6, 6.07) is 16.6. The molecule has 1 atom stereocenters. The predicted octanol–water partition coefficient (Wildman–Crippen LogP) is 3.36. The number of carbonyl (C=O) groups is 2. The van der Waals surface area contributed by atoms with E-state index in [1.807, 2.05) is 30.3 Å². The van der Waals surface area contributed by atoms with Crippen molar-refractivity contribution in [3.8, 4) is 5.75 Å². The summed E-state index contributed by atoms with van der Waals surface area (Å²) in [5, 5.41) is 2.89. The van der Waals surface area contributed by atoms with Gasteiger partial charge in [0.15, 0.2) is 11.1 Å². The number of aromatic nitrogens is 2. The van der Waals surface area contributed by atoms with Crippen LogP contribution in [0.3, 0.4) is 0 Å². The lowest BCUT2D eigenvalue weighted by atomic mass is 10.0. The van der Waals surface area contributed by atoms with Gasteiger partial charge in [-0.05, 0) is 43.4 Å². The van der Waals surface area contributed by atoms with Gasteiger partial charge >= 0.3 is 0 Å². The van der Waals surface area contributed by atoms with Gasteiger partial charge in [-0.3, -0.25) is 18.8 Å². The van der Waals surface area contributed by atoms with Gasteiger partial charge in [-0.25, -0.2) is 4.98 Å². The van der Waals surface area contributed by atoms with E-state index in [1.165, 1.54) is 27.3 Å². The number of fused-ring (bicyclic) bond motifs is 4. The van der Waals surface area contributed by atoms with Gasteiger partial charge in [0.25, 0.3) is 17.4 Å². The highest BCUT2D eigenvalue weighted by Gasteiger charge is 2.35. The van der Waals surface area contributed by atoms with Crippen LogP contribution in [0.2, 0.25) is 0 Å². The molecule has 6 rings (SSSR count). The van der Waals surface area contributed by atoms with Gasteiger partial charge in [0.05, 0.1) is 12.2 Å². The number of aryl methyl sites for hydroxylation is 2. The number of amides is 2. The van der Waals surface area contributed by atoms with Crippen LogP contribution >= 0.6 is 11.3 Å². The molecule has 0 saturated carbocycles. The Balaban J connectivity index is 1.31. The molecule has 3 heterocycles. The highest BCUT2D eigenvalue weighted by atomic mass is 32.1. The molecule has 1 unspecified atom stereocenters. The Morgan fingerprint density at radius 2 is 1.83 bits per heavy atom. The zero-order valence-electron chi connectivity index (χ0n) is 19.5. The van der Waals surface area contributed by atoms with E-state index in [9.17, 15) is 14.4 Å². The zero-order valence-corrected chi connectivity index (χ0v) is 20.3. The van der Waals surface area contributed by atoms with Crippen LogP contribution in [-0.2, 0) is 24.2 Å². The maximum atomic E-state index is 13.8. The van der Waals surface area contributed by atoms with Crippen molar-refractivity contribution >= 4 is 33.8 Å². The van der Waals surface area contributed by atoms with E-state index in [0.29, 0.717) is 22.9 Å². The van der Waals surface area contributed by atoms with E-state index < -0.39 is 12.0 Å². The van der Waals surface area contributed by atoms with Gasteiger partial charge in [0, 0.05) is 23.3 Å². The molecule has 0 saturated heterocycles. The predicted molar refractivity (Wildman–Crippen MR) is 137 cm³/mol. The van der Waals surface area contributed by atoms with E-state index in [-0.39, 0.29) is 23.6 Å². The van der Waals surface area contributed by atoms with E-state index in [4.69, 9.17) is 4.74 Å². The molecule has 2 aliphatic rings. The number of hydrogen-bond acceptors (Lipinski definition) is 6. The maximum Gasteiger partial charge on any atom is 0.271 e. The molecule has 36 heavy (non-hydrogen) atoms. The lowest BCUT2D eigenvalue weighted by Crippen LogP contribution is -2.51. The summed E-state index contributed by atoms with van der Waals surface area (Å²) >= 11 is 1.52. The summed E-state index contributed by atoms with van der Waals surface area (Å²) in [6.45, 7) is 0.334. The number of hydrogen-bond donors (Lipinski definition) is 1. The molecule has 0 bridgehead atoms. The monoisotopic (exact) mass is 500 g/mol. The standard InChI is InChI=1S/C27H24N4O4S/c32-24(28-14-17-8-2-1-3-9-17)22-16-30(19-10-4-6-12-21(19)35-22)25(33)18-15-29-27-31(26(18)34)20-11-5-7-13-23(20)36-27/h1-4,6,8-10,12,15,22H,5,7,11,13-14,16H2,(H,28,32). The van der Waals surface area contributed by atoms with Gasteiger partial charge in [-0.1, -0.05) is 42.5 Å². The van der Waals surface area contributed by atoms with E-state index in [1.54, 1.807) is 28.7 Å². The number of ether oxygens (including phenoxy) is 1. The molecular formula is C27H24N4O4S. The Hall–Kier alpha value is -3.98. The molecule has 1 aliphatic carbocycles. The van der Waals surface area contributed by atoms with Crippen LogP contribution in [0.25, 0.3) is 4.96 Å². The number of rotatable bonds is 4. The number of nitrogens with one attached hydrogen (secondary N) is 1. The summed E-state index contributed by atoms with van der Waals surface area (Å²) in [7, 11) is 0. The van der Waals surface area contributed by atoms with Crippen molar-refractivity contribution in [2.75, 3.05) is 11.4 Å². The van der Waals surface area contributed by atoms with Gasteiger partial charge in [0.2, 0.25) is 0 Å². The van der Waals surface area contributed by atoms with Gasteiger partial charge in [-0.15, -0.1) is 11.3 Å². The van der Waals surface area contributed by atoms with Crippen LogP contribution in [0.1, 0.15) is 39.3 Å². The second-order valence-corrected chi connectivity index (χ2v) is 10.0. The molecule has 2 amide bonds. The van der Waals surface area contributed by atoms with E-state index >= 15 is 0 Å². The van der Waals surface area contributed by atoms with Crippen LogP contribution in [0.4, 0.5) is 5.69 Å². The molecule has 182 valence electrons. The summed E-state index contributed by atoms with van der Waals surface area (Å²) in [5.74, 6) is -0.406. The third-order valence-corrected chi connectivity index (χ3v) is 7.81. The largest absolute Gasteiger partial charge is 0.477 e. The fraction of sp³-hybridized carbons (Fsp3) is 0.259. The fourth-order valence-corrected chi connectivity index (χ4v) is 5.99. The number of anilines is 1. The molecule has 0 fully saturated rings. The Morgan fingerprint density at radius 1 is 1.06 bits per heavy atom. The van der Waals surface area contributed by atoms with Crippen LogP contribution in [-0.4, -0.2) is 33.8 Å². The van der Waals surface area contributed by atoms with Gasteiger partial charge < -0.3 is 15.0 Å². The minimum atomic E-state index is -0.916. The van der Waals surface area contributed by atoms with Crippen molar-refractivity contribution in [3.05, 3.63) is 92.8 Å². The quantitative estimate of drug-likeness (QED) is 0.464. The number of benzene rings is 2. The van der Waals surface area contributed by atoms with Crippen molar-refractivity contribution in [1.82, 2.24) is 14.7 Å². The minimum Gasteiger partial charge on any atom is -0.477 e. The molecule has 9 heteroatoms. The van der Waals surface area contributed by atoms with Crippen LogP contribution in [0.15, 0.2) is 65.6 Å². The number of nitrogens with zero attached hydrogens (tertiary/aromatic N) is 3. The molecule has 4 aromatic rings. The Labute approximate surface area is 211 Å². The molecule has 1 aliphatic heterocycles. The fourth-order valence-electron chi connectivity index (χ4n) is 4.82. The van der Waals surface area contributed by atoms with Crippen LogP contribution in [0.5, 0.6) is 5.75 Å². The smallest absolute Gasteiger partial charge is 0.271 e. The maximum absolute atomic E-state index is 13.8. The van der Waals surface area contributed by atoms with Crippen LogP contribution in [0, 0.1) is 0 Å². The highest BCUT2D eigenvalue weighted by Crippen LogP contribution is 2.34. The summed E-state index contributed by atoms with van der Waals surface area (Å²) < 4.78 is 7.56. The Morgan fingerprint density at radius 3 is 2.69 bits per heavy atom. The Bertz CT molecular complexity index is 1530. The molecule has 8 nitrogen and oxygen atoms in total. The first-order valence-corrected chi connectivity index (χ1v) is 12.8. The third-order valence-electron chi connectivity index (χ3n) is 6.65. The lowest BCUT2D eigenvalue weighted by Gasteiger charge is -2.34. The normalized spacial score (nSPS) is 16.7. The highest BCUT2D eigenvalue weighted by molar-refractivity contribution is 7.17. The second-order valence-electron chi connectivity index (χ2n) is 8.97. The summed E-state index contributed by atoms with van der Waals surface area (Å²) in [4.78, 5) is 48.0. The third kappa shape index (κ3) is 3.95. The minimum absolute atomic E-state index is 0.0135. The average molecular weight is 501 g/mol. The first-order valence-electron chi connectivity index (χ1n) is 12.0. The van der Waals surface area contributed by atoms with Crippen molar-refractivity contribution in [2.45, 2.75) is 38.3 Å². The van der Waals surface area contributed by atoms with Gasteiger partial charge in [0.1, 0.15) is 11.3 Å². The molecule has 0 radical (unpaired) electrons. The first kappa shape index (κ1) is 22.5. The van der Waals surface area contributed by atoms with Crippen molar-refractivity contribution < 1.29 is 14.3 Å². The molecule has 2 aromatic heterocycles. The van der Waals surface area contributed by atoms with E-state index in [2.05, 4.69) is 10.3 Å². The molecular weight excluding hydrogens is 476 g/mol. The summed E-state index contributed by atoms with van der Waals surface area (Å²) in [6.07, 6.45) is 4.30. The van der Waals surface area contributed by atoms with Crippen molar-refractivity contribution in [2.24, 2.45) is 0 Å². The lowest BCUT2D eigenvalue weighted by molar-refractivity contribution is -0.127. The number of thiazole rings is 1. The van der Waals surface area contributed by atoms with E-state index in [0.717, 1.165) is 36.9 Å². The first-order chi connectivity index (χ1) is 17.6. The van der Waals surface area contributed by atoms with Crippen molar-refractivity contribution in [3.63, 3.8) is 0 Å². The number of para-hydroxylation sites is 2. The molecule has 2 aromatic carbocycles.